The first-order valence-corrected chi connectivity index (χ1v) is 11.6. The zero-order valence-electron chi connectivity index (χ0n) is 13.8. The van der Waals surface area contributed by atoms with E-state index in [2.05, 4.69) is 17.4 Å². The van der Waals surface area contributed by atoms with E-state index in [1.165, 1.54) is 30.2 Å². The molecule has 4 nitrogen and oxygen atoms in total. The number of hydrogen-bond donors (Lipinski definition) is 1. The van der Waals surface area contributed by atoms with Gasteiger partial charge in [-0.3, -0.25) is 4.79 Å². The summed E-state index contributed by atoms with van der Waals surface area (Å²) in [5.74, 6) is 1.35. The minimum Gasteiger partial charge on any atom is -0.348 e. The maximum absolute atomic E-state index is 12.4. The van der Waals surface area contributed by atoms with E-state index < -0.39 is 9.84 Å². The lowest BCUT2D eigenvalue weighted by molar-refractivity contribution is -0.119. The molecule has 24 heavy (non-hydrogen) atoms. The lowest BCUT2D eigenvalue weighted by atomic mass is 9.91. The molecule has 0 aromatic heterocycles. The van der Waals surface area contributed by atoms with Crippen LogP contribution in [0.4, 0.5) is 0 Å². The lowest BCUT2D eigenvalue weighted by Gasteiger charge is -2.25. The van der Waals surface area contributed by atoms with Crippen molar-refractivity contribution in [1.82, 2.24) is 5.32 Å². The molecule has 1 saturated carbocycles. The van der Waals surface area contributed by atoms with Gasteiger partial charge in [0.05, 0.1) is 23.3 Å². The molecule has 1 aliphatic carbocycles. The number of carbonyl (C=O) groups excluding carboxylic acids is 1. The predicted octanol–water partition coefficient (Wildman–Crippen LogP) is 2.95. The van der Waals surface area contributed by atoms with E-state index in [0.29, 0.717) is 18.1 Å². The average molecular weight is 368 g/mol. The molecule has 1 amide bonds. The number of carbonyl (C=O) groups is 1. The number of thioether (sulfide) groups is 1. The van der Waals surface area contributed by atoms with Crippen LogP contribution in [0.1, 0.15) is 43.7 Å². The van der Waals surface area contributed by atoms with Gasteiger partial charge >= 0.3 is 0 Å². The smallest absolute Gasteiger partial charge is 0.230 e. The Morgan fingerprint density at radius 2 is 1.88 bits per heavy atom. The third-order valence-electron chi connectivity index (χ3n) is 4.99. The van der Waals surface area contributed by atoms with E-state index in [1.807, 2.05) is 18.2 Å². The summed E-state index contributed by atoms with van der Waals surface area (Å²) >= 11 is 1.48. The van der Waals surface area contributed by atoms with Crippen LogP contribution in [0.15, 0.2) is 30.3 Å². The van der Waals surface area contributed by atoms with Gasteiger partial charge in [0.1, 0.15) is 0 Å². The second-order valence-corrected chi connectivity index (χ2v) is 10.4. The minimum absolute atomic E-state index is 0.0186. The first-order valence-electron chi connectivity index (χ1n) is 8.70. The number of amides is 1. The van der Waals surface area contributed by atoms with Crippen LogP contribution >= 0.6 is 11.8 Å². The summed E-state index contributed by atoms with van der Waals surface area (Å²) < 4.78 is 23.0. The summed E-state index contributed by atoms with van der Waals surface area (Å²) in [5.41, 5.74) is 1.17. The van der Waals surface area contributed by atoms with Gasteiger partial charge in [-0.15, -0.1) is 11.8 Å². The second-order valence-electron chi connectivity index (χ2n) is 6.84. The third kappa shape index (κ3) is 4.76. The van der Waals surface area contributed by atoms with Gasteiger partial charge in [-0.05, 0) is 30.7 Å². The Balaban J connectivity index is 1.57. The molecule has 0 unspecified atom stereocenters. The minimum atomic E-state index is -2.88. The number of rotatable bonds is 6. The molecule has 1 aromatic carbocycles. The van der Waals surface area contributed by atoms with Crippen LogP contribution in [-0.2, 0) is 14.6 Å². The van der Waals surface area contributed by atoms with Crippen molar-refractivity contribution in [2.75, 3.05) is 17.3 Å². The van der Waals surface area contributed by atoms with Crippen molar-refractivity contribution in [1.29, 1.82) is 0 Å². The topological polar surface area (TPSA) is 63.2 Å². The molecule has 6 heteroatoms. The summed E-state index contributed by atoms with van der Waals surface area (Å²) in [7, 11) is -2.88. The number of benzene rings is 1. The van der Waals surface area contributed by atoms with E-state index in [9.17, 15) is 13.2 Å². The lowest BCUT2D eigenvalue weighted by Crippen LogP contribution is -2.34. The summed E-state index contributed by atoms with van der Waals surface area (Å²) in [6.45, 7) is 0. The predicted molar refractivity (Wildman–Crippen MR) is 98.8 cm³/mol. The van der Waals surface area contributed by atoms with E-state index in [0.717, 1.165) is 12.8 Å². The second kappa shape index (κ2) is 7.91. The van der Waals surface area contributed by atoms with Crippen LogP contribution in [0.25, 0.3) is 0 Å². The Labute approximate surface area is 148 Å². The zero-order chi connectivity index (χ0) is 17.0. The molecule has 1 aromatic rings. The van der Waals surface area contributed by atoms with Gasteiger partial charge in [0.15, 0.2) is 9.84 Å². The summed E-state index contributed by atoms with van der Waals surface area (Å²) in [6, 6.07) is 10.3. The van der Waals surface area contributed by atoms with Crippen molar-refractivity contribution in [2.24, 2.45) is 5.92 Å². The van der Waals surface area contributed by atoms with Crippen LogP contribution in [0.3, 0.4) is 0 Å². The van der Waals surface area contributed by atoms with Gasteiger partial charge in [0.25, 0.3) is 0 Å². The van der Waals surface area contributed by atoms with Gasteiger partial charge in [0.2, 0.25) is 5.91 Å². The number of nitrogens with one attached hydrogen (secondary N) is 1. The maximum atomic E-state index is 12.4. The molecular weight excluding hydrogens is 342 g/mol. The molecular formula is C18H25NO3S2. The van der Waals surface area contributed by atoms with Crippen LogP contribution in [0.5, 0.6) is 0 Å². The molecule has 132 valence electrons. The van der Waals surface area contributed by atoms with E-state index in [-0.39, 0.29) is 28.7 Å². The van der Waals surface area contributed by atoms with Crippen LogP contribution in [0.2, 0.25) is 0 Å². The van der Waals surface area contributed by atoms with Crippen molar-refractivity contribution in [2.45, 2.75) is 43.4 Å². The largest absolute Gasteiger partial charge is 0.348 e. The zero-order valence-corrected chi connectivity index (χ0v) is 15.4. The van der Waals surface area contributed by atoms with Gasteiger partial charge in [-0.25, -0.2) is 8.42 Å². The van der Waals surface area contributed by atoms with Gasteiger partial charge < -0.3 is 5.32 Å². The maximum Gasteiger partial charge on any atom is 0.230 e. The molecule has 3 rings (SSSR count). The Kier molecular flexibility index (Phi) is 5.87. The Morgan fingerprint density at radius 3 is 2.50 bits per heavy atom. The van der Waals surface area contributed by atoms with Crippen molar-refractivity contribution in [3.63, 3.8) is 0 Å². The monoisotopic (exact) mass is 367 g/mol. The van der Waals surface area contributed by atoms with Gasteiger partial charge in [-0.2, -0.15) is 0 Å². The molecule has 2 atom stereocenters. The fourth-order valence-corrected chi connectivity index (χ4v) is 7.18. The number of sulfone groups is 1. The average Bonchev–Trinajstić information content (AvgIpc) is 3.21. The molecule has 0 spiro atoms. The molecule has 0 radical (unpaired) electrons. The standard InChI is InChI=1S/C18H25NO3S2/c20-17(12-23-16-10-11-24(21,22)13-16)19-18(15-8-4-5-9-15)14-6-2-1-3-7-14/h1-3,6-7,15-16,18H,4-5,8-13H2,(H,19,20)/t16-,18+/m0/s1. The Hall–Kier alpha value is -1.01. The highest BCUT2D eigenvalue weighted by Crippen LogP contribution is 2.35. The Morgan fingerprint density at radius 1 is 1.17 bits per heavy atom. The molecule has 1 saturated heterocycles. The quantitative estimate of drug-likeness (QED) is 0.840. The van der Waals surface area contributed by atoms with Gasteiger partial charge in [-0.1, -0.05) is 43.2 Å². The summed E-state index contributed by atoms with van der Waals surface area (Å²) in [5, 5.41) is 3.28. The van der Waals surface area contributed by atoms with Gasteiger partial charge in [0, 0.05) is 5.25 Å². The normalized spacial score (nSPS) is 24.8. The Bertz CT molecular complexity index is 654. The van der Waals surface area contributed by atoms with Crippen LogP contribution in [-0.4, -0.2) is 36.8 Å². The van der Waals surface area contributed by atoms with E-state index in [1.54, 1.807) is 0 Å². The van der Waals surface area contributed by atoms with Crippen molar-refractivity contribution < 1.29 is 13.2 Å². The summed E-state index contributed by atoms with van der Waals surface area (Å²) in [4.78, 5) is 12.4. The first-order chi connectivity index (χ1) is 11.5. The fourth-order valence-electron chi connectivity index (χ4n) is 3.73. The fraction of sp³-hybridized carbons (Fsp3) is 0.611. The number of hydrogen-bond acceptors (Lipinski definition) is 4. The van der Waals surface area contributed by atoms with E-state index in [4.69, 9.17) is 0 Å². The van der Waals surface area contributed by atoms with E-state index >= 15 is 0 Å². The molecule has 2 fully saturated rings. The third-order valence-corrected chi connectivity index (χ3v) is 8.27. The van der Waals surface area contributed by atoms with Crippen molar-refractivity contribution in [3.05, 3.63) is 35.9 Å². The van der Waals surface area contributed by atoms with Crippen LogP contribution < -0.4 is 5.32 Å². The SMILES string of the molecule is O=C(CS[C@H]1CCS(=O)(=O)C1)N[C@H](c1ccccc1)C1CCCC1. The highest BCUT2D eigenvalue weighted by atomic mass is 32.2. The molecule has 1 aliphatic heterocycles. The molecule has 1 heterocycles. The molecule has 1 N–H and O–H groups in total. The van der Waals surface area contributed by atoms with Crippen molar-refractivity contribution >= 4 is 27.5 Å². The van der Waals surface area contributed by atoms with Crippen molar-refractivity contribution in [3.8, 4) is 0 Å². The highest BCUT2D eigenvalue weighted by molar-refractivity contribution is 8.02. The highest BCUT2D eigenvalue weighted by Gasteiger charge is 2.30. The first kappa shape index (κ1) is 17.8. The van der Waals surface area contributed by atoms with Crippen LogP contribution in [0, 0.1) is 5.92 Å². The molecule has 2 aliphatic rings. The summed E-state index contributed by atoms with van der Waals surface area (Å²) in [6.07, 6.45) is 5.46. The molecule has 0 bridgehead atoms.